The fraction of sp³-hybridized carbons (Fsp3) is 0.133. The zero-order valence-electron chi connectivity index (χ0n) is 12.2. The van der Waals surface area contributed by atoms with Crippen molar-refractivity contribution < 1.29 is 17.9 Å². The van der Waals surface area contributed by atoms with Gasteiger partial charge in [-0.15, -0.1) is 0 Å². The summed E-state index contributed by atoms with van der Waals surface area (Å²) >= 11 is 5.91. The number of hydrogen-bond donors (Lipinski definition) is 2. The molecule has 0 fully saturated rings. The number of hydrogen-bond acceptors (Lipinski definition) is 4. The topological polar surface area (TPSA) is 98.5 Å². The molecule has 2 aromatic rings. The van der Waals surface area contributed by atoms with Crippen molar-refractivity contribution in [2.75, 3.05) is 11.9 Å². The predicted molar refractivity (Wildman–Crippen MR) is 88.1 cm³/mol. The lowest BCUT2D eigenvalue weighted by atomic mass is 10.2. The van der Waals surface area contributed by atoms with Gasteiger partial charge in [-0.2, -0.15) is 0 Å². The van der Waals surface area contributed by atoms with Crippen LogP contribution in [0.2, 0.25) is 5.02 Å². The Hall–Kier alpha value is -2.09. The number of nitrogens with one attached hydrogen (secondary N) is 1. The summed E-state index contributed by atoms with van der Waals surface area (Å²) in [5, 5.41) is 8.19. The normalized spacial score (nSPS) is 11.1. The Kier molecular flexibility index (Phi) is 5.25. The second-order valence-electron chi connectivity index (χ2n) is 4.82. The standard InChI is InChI=1S/C15H15ClN2O4S/c1-10-7-12(5-6-14(10)16)22-9-15(19)18-11-3-2-4-13(8-11)23(17,20)21/h2-8H,9H2,1H3,(H,18,19)(H2,17,20,21). The van der Waals surface area contributed by atoms with Gasteiger partial charge in [-0.05, 0) is 48.9 Å². The van der Waals surface area contributed by atoms with Crippen LogP contribution in [0, 0.1) is 6.92 Å². The molecule has 0 heterocycles. The van der Waals surface area contributed by atoms with Gasteiger partial charge in [0, 0.05) is 10.7 Å². The van der Waals surface area contributed by atoms with Gasteiger partial charge >= 0.3 is 0 Å². The molecule has 23 heavy (non-hydrogen) atoms. The van der Waals surface area contributed by atoms with Gasteiger partial charge in [0.2, 0.25) is 10.0 Å². The first-order valence-corrected chi connectivity index (χ1v) is 8.50. The number of nitrogens with two attached hydrogens (primary N) is 1. The number of ether oxygens (including phenoxy) is 1. The lowest BCUT2D eigenvalue weighted by Crippen LogP contribution is -2.20. The van der Waals surface area contributed by atoms with E-state index in [0.29, 0.717) is 16.5 Å². The zero-order valence-corrected chi connectivity index (χ0v) is 13.8. The van der Waals surface area contributed by atoms with Crippen LogP contribution in [0.4, 0.5) is 5.69 Å². The smallest absolute Gasteiger partial charge is 0.262 e. The summed E-state index contributed by atoms with van der Waals surface area (Å²) in [5.74, 6) is 0.0875. The van der Waals surface area contributed by atoms with Crippen molar-refractivity contribution in [3.8, 4) is 5.75 Å². The number of aryl methyl sites for hydroxylation is 1. The average Bonchev–Trinajstić information content (AvgIpc) is 2.48. The van der Waals surface area contributed by atoms with Gasteiger partial charge < -0.3 is 10.1 Å². The number of benzene rings is 2. The first kappa shape index (κ1) is 17.3. The maximum atomic E-state index is 11.9. The van der Waals surface area contributed by atoms with Crippen LogP contribution in [0.25, 0.3) is 0 Å². The minimum Gasteiger partial charge on any atom is -0.484 e. The molecule has 0 aliphatic carbocycles. The van der Waals surface area contributed by atoms with Crippen LogP contribution in [-0.4, -0.2) is 20.9 Å². The zero-order chi connectivity index (χ0) is 17.0. The minimum atomic E-state index is -3.82. The molecule has 0 bridgehead atoms. The Labute approximate surface area is 139 Å². The SMILES string of the molecule is Cc1cc(OCC(=O)Nc2cccc(S(N)(=O)=O)c2)ccc1Cl. The molecule has 0 aliphatic rings. The van der Waals surface area contributed by atoms with Crippen LogP contribution in [0.3, 0.4) is 0 Å². The first-order chi connectivity index (χ1) is 10.8. The number of rotatable bonds is 5. The maximum absolute atomic E-state index is 11.9. The Morgan fingerprint density at radius 2 is 2.00 bits per heavy atom. The summed E-state index contributed by atoms with van der Waals surface area (Å²) in [6, 6.07) is 10.7. The van der Waals surface area contributed by atoms with Crippen molar-refractivity contribution in [3.05, 3.63) is 53.1 Å². The molecule has 8 heteroatoms. The number of primary sulfonamides is 1. The number of anilines is 1. The van der Waals surface area contributed by atoms with Gasteiger partial charge in [0.05, 0.1) is 4.90 Å². The van der Waals surface area contributed by atoms with Crippen LogP contribution in [-0.2, 0) is 14.8 Å². The number of carbonyl (C=O) groups is 1. The van der Waals surface area contributed by atoms with Crippen molar-refractivity contribution in [1.29, 1.82) is 0 Å². The Morgan fingerprint density at radius 1 is 1.26 bits per heavy atom. The van der Waals surface area contributed by atoms with Crippen LogP contribution < -0.4 is 15.2 Å². The van der Waals surface area contributed by atoms with Crippen LogP contribution in [0.1, 0.15) is 5.56 Å². The highest BCUT2D eigenvalue weighted by molar-refractivity contribution is 7.89. The third-order valence-corrected chi connectivity index (χ3v) is 4.28. The summed E-state index contributed by atoms with van der Waals surface area (Å²) in [6.07, 6.45) is 0. The van der Waals surface area contributed by atoms with Gasteiger partial charge in [0.25, 0.3) is 5.91 Å². The van der Waals surface area contributed by atoms with E-state index in [1.54, 1.807) is 24.3 Å². The number of sulfonamides is 1. The molecule has 0 saturated carbocycles. The quantitative estimate of drug-likeness (QED) is 0.860. The number of carbonyl (C=O) groups excluding carboxylic acids is 1. The van der Waals surface area contributed by atoms with E-state index in [-0.39, 0.29) is 11.5 Å². The summed E-state index contributed by atoms with van der Waals surface area (Å²) in [4.78, 5) is 11.8. The van der Waals surface area contributed by atoms with Crippen molar-refractivity contribution in [2.45, 2.75) is 11.8 Å². The second kappa shape index (κ2) is 6.99. The highest BCUT2D eigenvalue weighted by atomic mass is 35.5. The largest absolute Gasteiger partial charge is 0.484 e. The molecule has 0 aromatic heterocycles. The molecular weight excluding hydrogens is 340 g/mol. The van der Waals surface area contributed by atoms with Crippen LogP contribution >= 0.6 is 11.6 Å². The fourth-order valence-electron chi connectivity index (χ4n) is 1.80. The summed E-state index contributed by atoms with van der Waals surface area (Å²) in [6.45, 7) is 1.61. The van der Waals surface area contributed by atoms with E-state index in [2.05, 4.69) is 5.32 Å². The number of halogens is 1. The molecule has 122 valence electrons. The molecule has 0 spiro atoms. The molecule has 1 amide bonds. The van der Waals surface area contributed by atoms with E-state index in [1.807, 2.05) is 6.92 Å². The van der Waals surface area contributed by atoms with Gasteiger partial charge in [-0.3, -0.25) is 4.79 Å². The molecule has 0 atom stereocenters. The van der Waals surface area contributed by atoms with E-state index < -0.39 is 15.9 Å². The van der Waals surface area contributed by atoms with E-state index in [4.69, 9.17) is 21.5 Å². The van der Waals surface area contributed by atoms with Crippen molar-refractivity contribution in [1.82, 2.24) is 0 Å². The third-order valence-electron chi connectivity index (χ3n) is 2.95. The summed E-state index contributed by atoms with van der Waals surface area (Å²) in [5.41, 5.74) is 1.16. The van der Waals surface area contributed by atoms with Gasteiger partial charge in [0.1, 0.15) is 5.75 Å². The predicted octanol–water partition coefficient (Wildman–Crippen LogP) is 2.31. The molecule has 0 radical (unpaired) electrons. The molecular formula is C15H15ClN2O4S. The molecule has 0 unspecified atom stereocenters. The average molecular weight is 355 g/mol. The van der Waals surface area contributed by atoms with Crippen molar-refractivity contribution in [3.63, 3.8) is 0 Å². The van der Waals surface area contributed by atoms with Crippen molar-refractivity contribution >= 4 is 33.2 Å². The molecule has 0 saturated heterocycles. The Bertz CT molecular complexity index is 837. The fourth-order valence-corrected chi connectivity index (χ4v) is 2.48. The molecule has 0 aliphatic heterocycles. The number of amides is 1. The van der Waals surface area contributed by atoms with Crippen LogP contribution in [0.5, 0.6) is 5.75 Å². The Morgan fingerprint density at radius 3 is 2.65 bits per heavy atom. The monoisotopic (exact) mass is 354 g/mol. The first-order valence-electron chi connectivity index (χ1n) is 6.57. The second-order valence-corrected chi connectivity index (χ2v) is 6.79. The maximum Gasteiger partial charge on any atom is 0.262 e. The summed E-state index contributed by atoms with van der Waals surface area (Å²) in [7, 11) is -3.82. The molecule has 2 rings (SSSR count). The lowest BCUT2D eigenvalue weighted by Gasteiger charge is -2.09. The van der Waals surface area contributed by atoms with Gasteiger partial charge in [-0.1, -0.05) is 17.7 Å². The van der Waals surface area contributed by atoms with E-state index >= 15 is 0 Å². The molecule has 3 N–H and O–H groups in total. The molecule has 6 nitrogen and oxygen atoms in total. The van der Waals surface area contributed by atoms with Gasteiger partial charge in [-0.25, -0.2) is 13.6 Å². The van der Waals surface area contributed by atoms with E-state index in [0.717, 1.165) is 5.56 Å². The summed E-state index contributed by atoms with van der Waals surface area (Å²) < 4.78 is 27.9. The molecule has 2 aromatic carbocycles. The Balaban J connectivity index is 1.98. The highest BCUT2D eigenvalue weighted by Crippen LogP contribution is 2.21. The van der Waals surface area contributed by atoms with E-state index in [1.165, 1.54) is 18.2 Å². The van der Waals surface area contributed by atoms with Gasteiger partial charge in [0.15, 0.2) is 6.61 Å². The minimum absolute atomic E-state index is 0.0791. The third kappa shape index (κ3) is 4.95. The van der Waals surface area contributed by atoms with Crippen molar-refractivity contribution in [2.24, 2.45) is 5.14 Å². The van der Waals surface area contributed by atoms with Crippen LogP contribution in [0.15, 0.2) is 47.4 Å². The highest BCUT2D eigenvalue weighted by Gasteiger charge is 2.10. The lowest BCUT2D eigenvalue weighted by molar-refractivity contribution is -0.118. The van der Waals surface area contributed by atoms with E-state index in [9.17, 15) is 13.2 Å².